The molecule has 2 aliphatic heterocycles. The van der Waals surface area contributed by atoms with E-state index in [0.717, 1.165) is 61.4 Å². The minimum atomic E-state index is -3.92. The average Bonchev–Trinajstić information content (AvgIpc) is 1.60. The average molecular weight is 1590 g/mol. The number of aromatic amines is 1. The van der Waals surface area contributed by atoms with Crippen LogP contribution in [0.3, 0.4) is 0 Å². The van der Waals surface area contributed by atoms with E-state index in [4.69, 9.17) is 122 Å². The van der Waals surface area contributed by atoms with E-state index in [1.807, 2.05) is 93.9 Å². The monoisotopic (exact) mass is 1580 g/mol. The molecule has 4 aliphatic rings. The van der Waals surface area contributed by atoms with Crippen molar-refractivity contribution < 1.29 is 46.5 Å². The first kappa shape index (κ1) is 80.0. The van der Waals surface area contributed by atoms with Crippen LogP contribution < -0.4 is 10.6 Å². The molecular weight excluding hydrogens is 1500 g/mol. The number of alkyl halides is 6. The first-order valence-electron chi connectivity index (χ1n) is 33.8. The second-order valence-electron chi connectivity index (χ2n) is 28.0. The van der Waals surface area contributed by atoms with Crippen LogP contribution in [0, 0.1) is 11.8 Å². The molecule has 7 aromatic rings. The molecule has 0 bridgehead atoms. The van der Waals surface area contributed by atoms with Crippen molar-refractivity contribution in [2.45, 2.75) is 174 Å². The first-order valence-corrected chi connectivity index (χ1v) is 38.2. The van der Waals surface area contributed by atoms with Gasteiger partial charge in [0.2, 0.25) is 19.5 Å². The van der Waals surface area contributed by atoms with Crippen LogP contribution in [0.4, 0.5) is 31.1 Å². The van der Waals surface area contributed by atoms with Crippen molar-refractivity contribution in [3.8, 4) is 22.5 Å². The number of anilines is 2. The van der Waals surface area contributed by atoms with Gasteiger partial charge < -0.3 is 54.2 Å². The summed E-state index contributed by atoms with van der Waals surface area (Å²) in [6.45, 7) is 13.4. The molecule has 3 N–H and O–H groups in total. The number of ether oxygens (including phenoxy) is 4. The molecule has 3 aromatic carbocycles. The Bertz CT molecular complexity index is 4130. The predicted molar refractivity (Wildman–Crippen MR) is 405 cm³/mol. The molecule has 4 amide bonds. The number of piperidine rings is 2. The Labute approximate surface area is 636 Å². The Kier molecular flexibility index (Phi) is 27.0. The highest BCUT2D eigenvalue weighted by Crippen LogP contribution is 2.39. The SMILES string of the molecule is C.CC(C)(C)OC(=O)N(CC1CCN(C(=O)OCC(Cl)(Cl)Cl)CC1)[C@H]1CCC[C@@H](Nc2ncc(Cl)c(-c3c[nH]c4ccccc34)n2)C1.CC(C)(C)OC(=O)N(CC1CCN(C(=O)OCC(Cl)(Cl)Cl)CC1)[C@H]1CCC[C@@H](Nc2ncc(Cl)c(-c3cn(S(=O)(=O)c4ccccc4)c4ccccc34)n2)C1. The van der Waals surface area contributed by atoms with Crippen molar-refractivity contribution in [3.63, 3.8) is 0 Å². The van der Waals surface area contributed by atoms with E-state index in [0.29, 0.717) is 116 Å². The molecule has 22 nitrogen and oxygen atoms in total. The summed E-state index contributed by atoms with van der Waals surface area (Å²) in [7, 11) is -3.92. The molecule has 0 radical (unpaired) electrons. The topological polar surface area (TPSA) is 249 Å². The number of rotatable bonds is 16. The van der Waals surface area contributed by atoms with Crippen molar-refractivity contribution in [3.05, 3.63) is 114 Å². The summed E-state index contributed by atoms with van der Waals surface area (Å²) in [5.74, 6) is 1.16. The van der Waals surface area contributed by atoms with Crippen LogP contribution in [0.2, 0.25) is 10.0 Å². The summed E-state index contributed by atoms with van der Waals surface area (Å²) < 4.78 is 47.5. The quantitative estimate of drug-likeness (QED) is 0.0601. The molecule has 2 saturated carbocycles. The molecule has 554 valence electrons. The van der Waals surface area contributed by atoms with Gasteiger partial charge in [0.1, 0.15) is 24.4 Å². The Morgan fingerprint density at radius 3 is 1.47 bits per heavy atom. The number of nitrogens with one attached hydrogen (secondary N) is 3. The van der Waals surface area contributed by atoms with Crippen molar-refractivity contribution in [1.29, 1.82) is 0 Å². The standard InChI is InChI=1S/C38H44Cl4N6O6S.C32H40Cl4N6O4.CH4/c1-37(2,3)54-36(50)47(22-25-16-18-46(19-17-25)35(49)53-24-38(40,41)42)27-11-9-10-26(20-27)44-34-43-21-31(39)33(45-34)30-23-48(32-15-8-7-14-29(30)32)55(51,52)28-12-5-4-6-13-28;1-31(2,3)46-30(44)42(18-20-11-13-41(14-12-20)29(43)45-19-32(34,35)36)22-8-6-7-21(15-22)39-28-38-17-25(33)27(40-28)24-16-37-26-10-5-4-9-23(24)26;/h4-8,12-15,21,23,25-27H,9-11,16-20,22,24H2,1-3H3,(H,43,44,45);4-5,9-10,16-17,20-22,37H,6-8,11-15,18-19H2,1-3H3,(H,38,39,40);1H4/t26-,27+;21-,22+;/m11./s1. The number of likely N-dealkylation sites (tertiary alicyclic amines) is 2. The van der Waals surface area contributed by atoms with Crippen molar-refractivity contribution in [1.82, 2.24) is 48.5 Å². The summed E-state index contributed by atoms with van der Waals surface area (Å²) in [5, 5.41) is 9.44. The lowest BCUT2D eigenvalue weighted by atomic mass is 9.88. The third-order valence-corrected chi connectivity index (χ3v) is 20.9. The number of nitrogens with zero attached hydrogens (tertiary/aromatic N) is 9. The number of carbonyl (C=O) groups excluding carboxylic acids is 4. The van der Waals surface area contributed by atoms with Crippen LogP contribution in [0.25, 0.3) is 44.3 Å². The third-order valence-electron chi connectivity index (χ3n) is 18.0. The Hall–Kier alpha value is -6.15. The Morgan fingerprint density at radius 1 is 0.578 bits per heavy atom. The number of aromatic nitrogens is 6. The zero-order valence-corrected chi connectivity index (χ0v) is 63.8. The van der Waals surface area contributed by atoms with Gasteiger partial charge >= 0.3 is 24.4 Å². The lowest BCUT2D eigenvalue weighted by Crippen LogP contribution is -2.50. The van der Waals surface area contributed by atoms with Gasteiger partial charge in [0.05, 0.1) is 44.2 Å². The fourth-order valence-corrected chi connectivity index (χ4v) is 15.4. The van der Waals surface area contributed by atoms with Gasteiger partial charge in [-0.15, -0.1) is 0 Å². The molecule has 2 saturated heterocycles. The summed E-state index contributed by atoms with van der Waals surface area (Å²) in [5.41, 5.74) is 2.69. The highest BCUT2D eigenvalue weighted by atomic mass is 35.6. The van der Waals surface area contributed by atoms with Gasteiger partial charge in [-0.3, -0.25) is 0 Å². The molecule has 11 rings (SSSR count). The van der Waals surface area contributed by atoms with Crippen LogP contribution in [0.5, 0.6) is 0 Å². The lowest BCUT2D eigenvalue weighted by Gasteiger charge is -2.41. The van der Waals surface area contributed by atoms with Gasteiger partial charge in [-0.05, 0) is 155 Å². The second-order valence-corrected chi connectivity index (χ2v) is 35.7. The largest absolute Gasteiger partial charge is 0.445 e. The van der Waals surface area contributed by atoms with Crippen LogP contribution in [0.1, 0.15) is 126 Å². The summed E-state index contributed by atoms with van der Waals surface area (Å²) >= 11 is 47.7. The van der Waals surface area contributed by atoms with Crippen molar-refractivity contribution in [2.75, 3.05) is 63.1 Å². The van der Waals surface area contributed by atoms with Gasteiger partial charge in [0.25, 0.3) is 10.0 Å². The summed E-state index contributed by atoms with van der Waals surface area (Å²) in [6.07, 6.45) is 14.1. The molecular formula is C71H88Cl8N12O10S. The van der Waals surface area contributed by atoms with E-state index in [9.17, 15) is 27.6 Å². The number of hydrogen-bond donors (Lipinski definition) is 3. The van der Waals surface area contributed by atoms with Gasteiger partial charge in [0, 0.05) is 103 Å². The maximum absolute atomic E-state index is 13.8. The zero-order chi connectivity index (χ0) is 72.6. The van der Waals surface area contributed by atoms with Crippen LogP contribution >= 0.6 is 92.8 Å². The molecule has 6 heterocycles. The number of hydrogen-bond acceptors (Lipinski definition) is 16. The van der Waals surface area contributed by atoms with Crippen LogP contribution in [-0.2, 0) is 29.0 Å². The predicted octanol–water partition coefficient (Wildman–Crippen LogP) is 18.3. The number of para-hydroxylation sites is 2. The number of benzene rings is 3. The number of halogens is 8. The number of fused-ring (bicyclic) bond motifs is 2. The fraction of sp³-hybridized carbons (Fsp3) is 0.521. The smallest absolute Gasteiger partial charge is 0.410 e. The van der Waals surface area contributed by atoms with E-state index in [1.54, 1.807) is 64.7 Å². The minimum Gasteiger partial charge on any atom is -0.445 e. The van der Waals surface area contributed by atoms with Gasteiger partial charge in [-0.2, -0.15) is 0 Å². The van der Waals surface area contributed by atoms with E-state index >= 15 is 0 Å². The van der Waals surface area contributed by atoms with E-state index in [2.05, 4.69) is 25.6 Å². The molecule has 4 fully saturated rings. The zero-order valence-electron chi connectivity index (χ0n) is 57.0. The fourth-order valence-electron chi connectivity index (χ4n) is 13.3. The third kappa shape index (κ3) is 21.8. The number of H-pyrrole nitrogens is 1. The maximum Gasteiger partial charge on any atom is 0.410 e. The minimum absolute atomic E-state index is 0. The first-order chi connectivity index (χ1) is 47.7. The van der Waals surface area contributed by atoms with Crippen molar-refractivity contribution in [2.24, 2.45) is 11.8 Å². The maximum atomic E-state index is 13.8. The normalized spacial score (nSPS) is 18.8. The molecule has 2 aliphatic carbocycles. The lowest BCUT2D eigenvalue weighted by molar-refractivity contribution is 0.00350. The van der Waals surface area contributed by atoms with Gasteiger partial charge in [-0.25, -0.2) is 51.5 Å². The molecule has 102 heavy (non-hydrogen) atoms. The summed E-state index contributed by atoms with van der Waals surface area (Å²) in [6, 6.07) is 23.3. The highest BCUT2D eigenvalue weighted by Gasteiger charge is 2.39. The van der Waals surface area contributed by atoms with E-state index < -0.39 is 41.0 Å². The van der Waals surface area contributed by atoms with Crippen LogP contribution in [-0.4, -0.2) is 177 Å². The van der Waals surface area contributed by atoms with E-state index in [-0.39, 0.29) is 78.7 Å². The second kappa shape index (κ2) is 34.4. The number of amides is 4. The van der Waals surface area contributed by atoms with Gasteiger partial charge in [-0.1, -0.05) is 155 Å². The molecule has 31 heteroatoms. The van der Waals surface area contributed by atoms with E-state index in [1.165, 1.54) is 10.2 Å². The van der Waals surface area contributed by atoms with Crippen LogP contribution in [0.15, 0.2) is 109 Å². The van der Waals surface area contributed by atoms with Gasteiger partial charge in [0.15, 0.2) is 0 Å². The Morgan fingerprint density at radius 2 is 1.01 bits per heavy atom. The molecule has 0 spiro atoms. The summed E-state index contributed by atoms with van der Waals surface area (Å²) in [4.78, 5) is 81.3. The molecule has 0 unspecified atom stereocenters. The molecule has 4 atom stereocenters. The van der Waals surface area contributed by atoms with Crippen molar-refractivity contribution >= 4 is 161 Å². The Balaban J connectivity index is 0.000000239. The highest BCUT2D eigenvalue weighted by molar-refractivity contribution is 7.90. The number of carbonyl (C=O) groups is 4. The molecule has 4 aromatic heterocycles.